The van der Waals surface area contributed by atoms with Crippen LogP contribution in [0, 0.1) is 5.92 Å². The van der Waals surface area contributed by atoms with Gasteiger partial charge in [-0.25, -0.2) is 0 Å². The summed E-state index contributed by atoms with van der Waals surface area (Å²) in [6.07, 6.45) is 3.46. The van der Waals surface area contributed by atoms with Gasteiger partial charge in [-0.3, -0.25) is 4.79 Å². The first-order valence-electron chi connectivity index (χ1n) is 6.80. The summed E-state index contributed by atoms with van der Waals surface area (Å²) in [7, 11) is 1.57. The second-order valence-electron chi connectivity index (χ2n) is 4.83. The molecule has 0 bridgehead atoms. The summed E-state index contributed by atoms with van der Waals surface area (Å²) in [5, 5.41) is 2.88. The summed E-state index contributed by atoms with van der Waals surface area (Å²) in [5.41, 5.74) is 0.573. The van der Waals surface area contributed by atoms with Crippen LogP contribution in [0.15, 0.2) is 24.3 Å². The molecule has 0 atom stereocenters. The quantitative estimate of drug-likeness (QED) is 0.732. The fourth-order valence-electron chi connectivity index (χ4n) is 1.84. The van der Waals surface area contributed by atoms with Crippen molar-refractivity contribution in [1.82, 2.24) is 5.32 Å². The van der Waals surface area contributed by atoms with Gasteiger partial charge in [0.1, 0.15) is 5.75 Å². The van der Waals surface area contributed by atoms with Crippen molar-refractivity contribution in [1.29, 1.82) is 0 Å². The SMILES string of the molecule is COc1ccccc1C(=O)NCCCOCC1CC1. The molecular weight excluding hydrogens is 242 g/mol. The van der Waals surface area contributed by atoms with E-state index in [1.54, 1.807) is 19.2 Å². The lowest BCUT2D eigenvalue weighted by atomic mass is 10.2. The van der Waals surface area contributed by atoms with Crippen LogP contribution in [0.5, 0.6) is 5.75 Å². The van der Waals surface area contributed by atoms with Crippen LogP contribution in [-0.4, -0.2) is 32.8 Å². The Morgan fingerprint density at radius 1 is 1.37 bits per heavy atom. The van der Waals surface area contributed by atoms with Crippen molar-refractivity contribution in [2.24, 2.45) is 5.92 Å². The lowest BCUT2D eigenvalue weighted by Crippen LogP contribution is -2.25. The highest BCUT2D eigenvalue weighted by Gasteiger charge is 2.20. The molecule has 0 unspecified atom stereocenters. The van der Waals surface area contributed by atoms with E-state index in [-0.39, 0.29) is 5.91 Å². The Morgan fingerprint density at radius 3 is 2.89 bits per heavy atom. The average molecular weight is 263 g/mol. The molecule has 0 heterocycles. The van der Waals surface area contributed by atoms with E-state index >= 15 is 0 Å². The minimum absolute atomic E-state index is 0.0976. The normalized spacial score (nSPS) is 14.2. The average Bonchev–Trinajstić information content (AvgIpc) is 3.26. The number of para-hydroxylation sites is 1. The van der Waals surface area contributed by atoms with Gasteiger partial charge in [-0.15, -0.1) is 0 Å². The topological polar surface area (TPSA) is 47.6 Å². The van der Waals surface area contributed by atoms with E-state index in [1.807, 2.05) is 12.1 Å². The molecule has 1 saturated carbocycles. The minimum atomic E-state index is -0.0976. The molecule has 4 nitrogen and oxygen atoms in total. The van der Waals surface area contributed by atoms with Gasteiger partial charge in [0.25, 0.3) is 5.91 Å². The van der Waals surface area contributed by atoms with Crippen molar-refractivity contribution >= 4 is 5.91 Å². The second kappa shape index (κ2) is 7.14. The molecule has 0 aromatic heterocycles. The molecule has 4 heteroatoms. The Morgan fingerprint density at radius 2 is 2.16 bits per heavy atom. The van der Waals surface area contributed by atoms with E-state index < -0.39 is 0 Å². The number of nitrogens with one attached hydrogen (secondary N) is 1. The van der Waals surface area contributed by atoms with Gasteiger partial charge in [0.15, 0.2) is 0 Å². The standard InChI is InChI=1S/C15H21NO3/c1-18-14-6-3-2-5-13(14)15(17)16-9-4-10-19-11-12-7-8-12/h2-3,5-6,12H,4,7-11H2,1H3,(H,16,17). The molecule has 1 N–H and O–H groups in total. The van der Waals surface area contributed by atoms with Crippen LogP contribution < -0.4 is 10.1 Å². The van der Waals surface area contributed by atoms with Crippen molar-refractivity contribution in [2.75, 3.05) is 26.9 Å². The molecule has 2 rings (SSSR count). The highest BCUT2D eigenvalue weighted by Crippen LogP contribution is 2.28. The Bertz CT molecular complexity index is 416. The lowest BCUT2D eigenvalue weighted by molar-refractivity contribution is 0.0934. The maximum atomic E-state index is 11.9. The number of carbonyl (C=O) groups is 1. The van der Waals surface area contributed by atoms with Crippen LogP contribution in [-0.2, 0) is 4.74 Å². The smallest absolute Gasteiger partial charge is 0.255 e. The first kappa shape index (κ1) is 13.9. The number of benzene rings is 1. The van der Waals surface area contributed by atoms with Crippen molar-refractivity contribution in [3.8, 4) is 5.75 Å². The number of carbonyl (C=O) groups excluding carboxylic acids is 1. The van der Waals surface area contributed by atoms with Gasteiger partial charge in [-0.2, -0.15) is 0 Å². The Balaban J connectivity index is 1.65. The zero-order chi connectivity index (χ0) is 13.5. The van der Waals surface area contributed by atoms with Crippen LogP contribution in [0.4, 0.5) is 0 Å². The lowest BCUT2D eigenvalue weighted by Gasteiger charge is -2.09. The van der Waals surface area contributed by atoms with Gasteiger partial charge in [0.2, 0.25) is 0 Å². The third-order valence-electron chi connectivity index (χ3n) is 3.15. The molecule has 1 aromatic carbocycles. The van der Waals surface area contributed by atoms with Crippen molar-refractivity contribution < 1.29 is 14.3 Å². The van der Waals surface area contributed by atoms with Gasteiger partial charge in [-0.1, -0.05) is 12.1 Å². The highest BCUT2D eigenvalue weighted by molar-refractivity contribution is 5.96. The number of ether oxygens (including phenoxy) is 2. The number of amides is 1. The second-order valence-corrected chi connectivity index (χ2v) is 4.83. The van der Waals surface area contributed by atoms with Crippen LogP contribution in [0.2, 0.25) is 0 Å². The molecule has 1 aliphatic carbocycles. The van der Waals surface area contributed by atoms with E-state index in [2.05, 4.69) is 5.32 Å². The molecule has 1 aromatic rings. The predicted octanol–water partition coefficient (Wildman–Crippen LogP) is 2.24. The molecule has 0 aliphatic heterocycles. The maximum absolute atomic E-state index is 11.9. The number of hydrogen-bond donors (Lipinski definition) is 1. The van der Waals surface area contributed by atoms with Crippen molar-refractivity contribution in [2.45, 2.75) is 19.3 Å². The molecular formula is C15H21NO3. The van der Waals surface area contributed by atoms with Gasteiger partial charge >= 0.3 is 0 Å². The van der Waals surface area contributed by atoms with E-state index in [0.29, 0.717) is 24.5 Å². The molecule has 0 saturated heterocycles. The molecule has 0 spiro atoms. The van der Waals surface area contributed by atoms with Gasteiger partial charge in [0, 0.05) is 19.8 Å². The van der Waals surface area contributed by atoms with Crippen LogP contribution in [0.25, 0.3) is 0 Å². The van der Waals surface area contributed by atoms with Gasteiger partial charge < -0.3 is 14.8 Å². The Kier molecular flexibility index (Phi) is 5.21. The molecule has 19 heavy (non-hydrogen) atoms. The minimum Gasteiger partial charge on any atom is -0.496 e. The fraction of sp³-hybridized carbons (Fsp3) is 0.533. The first-order valence-corrected chi connectivity index (χ1v) is 6.80. The van der Waals surface area contributed by atoms with Gasteiger partial charge in [0.05, 0.1) is 12.7 Å². The zero-order valence-electron chi connectivity index (χ0n) is 11.4. The molecule has 1 amide bonds. The number of methoxy groups -OCH3 is 1. The molecule has 1 aliphatic rings. The summed E-state index contributed by atoms with van der Waals surface area (Å²) in [5.74, 6) is 1.30. The van der Waals surface area contributed by atoms with Crippen LogP contribution >= 0.6 is 0 Å². The summed E-state index contributed by atoms with van der Waals surface area (Å²) >= 11 is 0. The van der Waals surface area contributed by atoms with E-state index in [4.69, 9.17) is 9.47 Å². The summed E-state index contributed by atoms with van der Waals surface area (Å²) < 4.78 is 10.7. The van der Waals surface area contributed by atoms with Crippen LogP contribution in [0.1, 0.15) is 29.6 Å². The Labute approximate surface area is 114 Å². The zero-order valence-corrected chi connectivity index (χ0v) is 11.4. The monoisotopic (exact) mass is 263 g/mol. The Hall–Kier alpha value is -1.55. The van der Waals surface area contributed by atoms with Crippen molar-refractivity contribution in [3.63, 3.8) is 0 Å². The molecule has 0 radical (unpaired) electrons. The van der Waals surface area contributed by atoms with Crippen molar-refractivity contribution in [3.05, 3.63) is 29.8 Å². The van der Waals surface area contributed by atoms with E-state index in [1.165, 1.54) is 12.8 Å². The third kappa shape index (κ3) is 4.56. The fourth-order valence-corrected chi connectivity index (χ4v) is 1.84. The van der Waals surface area contributed by atoms with E-state index in [0.717, 1.165) is 18.9 Å². The van der Waals surface area contributed by atoms with E-state index in [9.17, 15) is 4.79 Å². The van der Waals surface area contributed by atoms with Crippen LogP contribution in [0.3, 0.4) is 0 Å². The largest absolute Gasteiger partial charge is 0.496 e. The summed E-state index contributed by atoms with van der Waals surface area (Å²) in [4.78, 5) is 11.9. The number of hydrogen-bond acceptors (Lipinski definition) is 3. The highest BCUT2D eigenvalue weighted by atomic mass is 16.5. The first-order chi connectivity index (χ1) is 9.31. The molecule has 1 fully saturated rings. The summed E-state index contributed by atoms with van der Waals surface area (Å²) in [6.45, 7) is 2.21. The van der Waals surface area contributed by atoms with Gasteiger partial charge in [-0.05, 0) is 37.3 Å². The third-order valence-corrected chi connectivity index (χ3v) is 3.15. The summed E-state index contributed by atoms with van der Waals surface area (Å²) in [6, 6.07) is 7.23. The maximum Gasteiger partial charge on any atom is 0.255 e. The molecule has 104 valence electrons. The number of rotatable bonds is 8. The predicted molar refractivity (Wildman–Crippen MR) is 73.5 cm³/mol.